The summed E-state index contributed by atoms with van der Waals surface area (Å²) in [4.78, 5) is 29.2. The summed E-state index contributed by atoms with van der Waals surface area (Å²) in [6.07, 6.45) is 6.58. The van der Waals surface area contributed by atoms with Crippen molar-refractivity contribution in [3.8, 4) is 11.1 Å². The molecule has 0 bridgehead atoms. The normalized spacial score (nSPS) is 10.8. The van der Waals surface area contributed by atoms with Gasteiger partial charge in [-0.3, -0.25) is 19.3 Å². The number of pyridine rings is 1. The molecule has 1 aromatic carbocycles. The molecule has 0 aliphatic heterocycles. The van der Waals surface area contributed by atoms with Crippen LogP contribution in [-0.4, -0.2) is 33.0 Å². The largest absolute Gasteiger partial charge is 0.323 e. The first-order chi connectivity index (χ1) is 14.5. The molecule has 0 aliphatic rings. The van der Waals surface area contributed by atoms with E-state index in [1.54, 1.807) is 24.0 Å². The van der Waals surface area contributed by atoms with Gasteiger partial charge in [-0.25, -0.2) is 0 Å². The average molecular weight is 408 g/mol. The van der Waals surface area contributed by atoms with Crippen molar-refractivity contribution in [3.63, 3.8) is 0 Å². The zero-order valence-corrected chi connectivity index (χ0v) is 17.6. The van der Waals surface area contributed by atoms with E-state index in [4.69, 9.17) is 0 Å². The predicted octanol–water partition coefficient (Wildman–Crippen LogP) is 3.61. The molecule has 2 heterocycles. The number of Topliss-reactive ketones (excluding diaryl/α,β-unsaturated/α-hetero) is 1. The Morgan fingerprint density at radius 1 is 1.10 bits per heavy atom. The van der Waals surface area contributed by atoms with Gasteiger partial charge in [0, 0.05) is 45.0 Å². The van der Waals surface area contributed by atoms with Crippen LogP contribution >= 0.6 is 0 Å². The highest BCUT2D eigenvalue weighted by Gasteiger charge is 2.15. The van der Waals surface area contributed by atoms with Crippen LogP contribution in [0.3, 0.4) is 0 Å². The topological polar surface area (TPSA) is 88.9 Å². The van der Waals surface area contributed by atoms with Crippen molar-refractivity contribution in [1.82, 2.24) is 20.1 Å². The SMILES string of the molecule is CCC(=O)c1ncc(-c2cccc(CC)c2)cc1NC(=O)CNCc1cnn(C)c1.[HH]. The van der Waals surface area contributed by atoms with Gasteiger partial charge in [-0.1, -0.05) is 38.1 Å². The number of carbonyl (C=O) groups excluding carboxylic acids is 2. The quantitative estimate of drug-likeness (QED) is 0.529. The van der Waals surface area contributed by atoms with Gasteiger partial charge in [0.2, 0.25) is 5.91 Å². The summed E-state index contributed by atoms with van der Waals surface area (Å²) in [6.45, 7) is 4.53. The van der Waals surface area contributed by atoms with Crippen molar-refractivity contribution in [3.05, 3.63) is 65.7 Å². The Morgan fingerprint density at radius 3 is 2.63 bits per heavy atom. The van der Waals surface area contributed by atoms with Gasteiger partial charge < -0.3 is 10.6 Å². The Hall–Kier alpha value is -3.32. The van der Waals surface area contributed by atoms with Gasteiger partial charge in [0.25, 0.3) is 0 Å². The lowest BCUT2D eigenvalue weighted by Gasteiger charge is -2.12. The number of carbonyl (C=O) groups is 2. The molecular weight excluding hydrogens is 378 g/mol. The van der Waals surface area contributed by atoms with E-state index in [-0.39, 0.29) is 25.4 Å². The second kappa shape index (κ2) is 9.93. The number of benzene rings is 1. The summed E-state index contributed by atoms with van der Waals surface area (Å²) >= 11 is 0. The Labute approximate surface area is 178 Å². The lowest BCUT2D eigenvalue weighted by Crippen LogP contribution is -2.28. The van der Waals surface area contributed by atoms with Gasteiger partial charge in [-0.2, -0.15) is 5.10 Å². The van der Waals surface area contributed by atoms with Gasteiger partial charge in [-0.05, 0) is 23.6 Å². The van der Waals surface area contributed by atoms with Crippen molar-refractivity contribution in [2.45, 2.75) is 33.2 Å². The third-order valence-electron chi connectivity index (χ3n) is 4.79. The highest BCUT2D eigenvalue weighted by molar-refractivity contribution is 6.04. The van der Waals surface area contributed by atoms with Gasteiger partial charge in [0.1, 0.15) is 5.69 Å². The van der Waals surface area contributed by atoms with E-state index >= 15 is 0 Å². The minimum atomic E-state index is -0.231. The van der Waals surface area contributed by atoms with Crippen LogP contribution in [-0.2, 0) is 24.8 Å². The maximum absolute atomic E-state index is 12.5. The van der Waals surface area contributed by atoms with Crippen molar-refractivity contribution in [2.75, 3.05) is 11.9 Å². The first-order valence-corrected chi connectivity index (χ1v) is 10.1. The summed E-state index contributed by atoms with van der Waals surface area (Å²) in [7, 11) is 1.85. The molecular formula is C23H29N5O2. The molecule has 0 fully saturated rings. The van der Waals surface area contributed by atoms with Crippen molar-refractivity contribution >= 4 is 17.4 Å². The number of rotatable bonds is 9. The Morgan fingerprint density at radius 2 is 1.93 bits per heavy atom. The molecule has 2 N–H and O–H groups in total. The first-order valence-electron chi connectivity index (χ1n) is 10.1. The van der Waals surface area contributed by atoms with Crippen LogP contribution in [0, 0.1) is 0 Å². The van der Waals surface area contributed by atoms with E-state index in [1.807, 2.05) is 31.4 Å². The number of anilines is 1. The number of aromatic nitrogens is 3. The fraction of sp³-hybridized carbons (Fsp3) is 0.304. The second-order valence-corrected chi connectivity index (χ2v) is 7.12. The summed E-state index contributed by atoms with van der Waals surface area (Å²) < 4.78 is 1.71. The van der Waals surface area contributed by atoms with Crippen LogP contribution in [0.5, 0.6) is 0 Å². The van der Waals surface area contributed by atoms with Crippen LogP contribution in [0.4, 0.5) is 5.69 Å². The van der Waals surface area contributed by atoms with Gasteiger partial charge in [-0.15, -0.1) is 0 Å². The van der Waals surface area contributed by atoms with Crippen LogP contribution in [0.1, 0.15) is 43.3 Å². The van der Waals surface area contributed by atoms with Gasteiger partial charge in [0.15, 0.2) is 5.78 Å². The molecule has 0 unspecified atom stereocenters. The van der Waals surface area contributed by atoms with E-state index in [9.17, 15) is 9.59 Å². The molecule has 0 atom stereocenters. The maximum atomic E-state index is 12.5. The van der Waals surface area contributed by atoms with Gasteiger partial charge >= 0.3 is 0 Å². The lowest BCUT2D eigenvalue weighted by atomic mass is 10.0. The Balaban J connectivity index is 0.00000341. The number of hydrogen-bond acceptors (Lipinski definition) is 5. The zero-order chi connectivity index (χ0) is 21.5. The second-order valence-electron chi connectivity index (χ2n) is 7.12. The molecule has 30 heavy (non-hydrogen) atoms. The highest BCUT2D eigenvalue weighted by atomic mass is 16.2. The van der Waals surface area contributed by atoms with E-state index in [0.717, 1.165) is 23.1 Å². The average Bonchev–Trinajstić information content (AvgIpc) is 3.18. The van der Waals surface area contributed by atoms with Crippen LogP contribution in [0.15, 0.2) is 48.9 Å². The third-order valence-corrected chi connectivity index (χ3v) is 4.79. The monoisotopic (exact) mass is 407 g/mol. The molecule has 0 radical (unpaired) electrons. The van der Waals surface area contributed by atoms with E-state index < -0.39 is 0 Å². The number of nitrogens with zero attached hydrogens (tertiary/aromatic N) is 3. The van der Waals surface area contributed by atoms with Crippen LogP contribution in [0.2, 0.25) is 0 Å². The Kier molecular flexibility index (Phi) is 7.08. The van der Waals surface area contributed by atoms with Crippen LogP contribution in [0.25, 0.3) is 11.1 Å². The molecule has 0 saturated carbocycles. The summed E-state index contributed by atoms with van der Waals surface area (Å²) in [5, 5.41) is 10.0. The van der Waals surface area contributed by atoms with Crippen molar-refractivity contribution in [1.29, 1.82) is 0 Å². The smallest absolute Gasteiger partial charge is 0.238 e. The Bertz CT molecular complexity index is 1050. The predicted molar refractivity (Wildman–Crippen MR) is 119 cm³/mol. The first kappa shape index (κ1) is 21.4. The third kappa shape index (κ3) is 5.39. The summed E-state index contributed by atoms with van der Waals surface area (Å²) in [6, 6.07) is 9.99. The fourth-order valence-electron chi connectivity index (χ4n) is 3.16. The number of aryl methyl sites for hydroxylation is 2. The lowest BCUT2D eigenvalue weighted by molar-refractivity contribution is -0.115. The van der Waals surface area contributed by atoms with Crippen molar-refractivity contribution in [2.24, 2.45) is 7.05 Å². The van der Waals surface area contributed by atoms with E-state index in [2.05, 4.69) is 39.8 Å². The van der Waals surface area contributed by atoms with Crippen molar-refractivity contribution < 1.29 is 11.0 Å². The number of hydrogen-bond donors (Lipinski definition) is 2. The van der Waals surface area contributed by atoms with E-state index in [0.29, 0.717) is 18.7 Å². The summed E-state index contributed by atoms with van der Waals surface area (Å²) in [5.41, 5.74) is 4.79. The molecule has 3 rings (SSSR count). The molecule has 3 aromatic rings. The fourth-order valence-corrected chi connectivity index (χ4v) is 3.16. The highest BCUT2D eigenvalue weighted by Crippen LogP contribution is 2.26. The molecule has 0 aliphatic carbocycles. The van der Waals surface area contributed by atoms with Crippen LogP contribution < -0.4 is 10.6 Å². The number of nitrogens with one attached hydrogen (secondary N) is 2. The standard InChI is InChI=1S/C23H27N5O2.H2/c1-4-16-7-6-8-18(9-16)19-10-20(23(25-13-19)21(29)5-2)27-22(30)14-24-11-17-12-26-28(3)15-17;/h6-10,12-13,15,24H,4-5,11,14H2,1-3H3,(H,27,30);1H. The summed E-state index contributed by atoms with van der Waals surface area (Å²) in [5.74, 6) is -0.340. The molecule has 2 aromatic heterocycles. The molecule has 1 amide bonds. The molecule has 0 saturated heterocycles. The maximum Gasteiger partial charge on any atom is 0.238 e. The molecule has 7 heteroatoms. The molecule has 158 valence electrons. The van der Waals surface area contributed by atoms with E-state index in [1.165, 1.54) is 5.56 Å². The minimum Gasteiger partial charge on any atom is -0.323 e. The molecule has 7 nitrogen and oxygen atoms in total. The van der Waals surface area contributed by atoms with Gasteiger partial charge in [0.05, 0.1) is 18.4 Å². The molecule has 0 spiro atoms. The number of ketones is 1. The minimum absolute atomic E-state index is 0. The number of amides is 1. The zero-order valence-electron chi connectivity index (χ0n) is 17.6.